The van der Waals surface area contributed by atoms with E-state index < -0.39 is 0 Å². The van der Waals surface area contributed by atoms with E-state index in [0.717, 1.165) is 27.4 Å². The molecule has 5 nitrogen and oxygen atoms in total. The molecule has 7 heteroatoms. The molecule has 0 atom stereocenters. The summed E-state index contributed by atoms with van der Waals surface area (Å²) in [6.45, 7) is 12.8. The minimum Gasteiger partial charge on any atom is -0.489 e. The summed E-state index contributed by atoms with van der Waals surface area (Å²) in [5, 5.41) is 10.4. The van der Waals surface area contributed by atoms with Crippen LogP contribution >= 0.6 is 22.9 Å². The molecule has 1 aromatic heterocycles. The van der Waals surface area contributed by atoms with Crippen molar-refractivity contribution in [3.63, 3.8) is 0 Å². The minimum absolute atomic E-state index is 0.178. The Labute approximate surface area is 192 Å². The monoisotopic (exact) mass is 455 g/mol. The van der Waals surface area contributed by atoms with Gasteiger partial charge < -0.3 is 4.74 Å². The Bertz CT molecular complexity index is 1070. The number of aromatic nitrogens is 2. The van der Waals surface area contributed by atoms with Crippen molar-refractivity contribution >= 4 is 34.0 Å². The van der Waals surface area contributed by atoms with Gasteiger partial charge in [0.25, 0.3) is 5.91 Å². The number of hydrogen-bond acceptors (Lipinski definition) is 5. The first-order valence-electron chi connectivity index (χ1n) is 10.1. The standard InChI is InChI=1S/C24H26ClN3O2S/c1-6-11-30-21-16(4)12-18(13-17(21)5)22-26-27-24(31-22)28(14-15(2)3)23(29)19-9-7-8-10-20(19)25/h6-10,12-13,15H,1,11,14H2,2-5H3. The summed E-state index contributed by atoms with van der Waals surface area (Å²) in [6.07, 6.45) is 1.73. The number of carbonyl (C=O) groups is 1. The van der Waals surface area contributed by atoms with E-state index in [4.69, 9.17) is 16.3 Å². The number of amides is 1. The van der Waals surface area contributed by atoms with Crippen LogP contribution in [0.1, 0.15) is 35.3 Å². The van der Waals surface area contributed by atoms with Crippen molar-refractivity contribution in [1.29, 1.82) is 0 Å². The lowest BCUT2D eigenvalue weighted by Crippen LogP contribution is -2.34. The molecule has 0 saturated heterocycles. The zero-order valence-corrected chi connectivity index (χ0v) is 19.8. The molecule has 0 N–H and O–H groups in total. The molecule has 0 aliphatic rings. The highest BCUT2D eigenvalue weighted by atomic mass is 35.5. The van der Waals surface area contributed by atoms with Gasteiger partial charge in [0.1, 0.15) is 17.4 Å². The molecule has 31 heavy (non-hydrogen) atoms. The zero-order valence-electron chi connectivity index (χ0n) is 18.2. The topological polar surface area (TPSA) is 55.3 Å². The van der Waals surface area contributed by atoms with Gasteiger partial charge in [-0.05, 0) is 55.2 Å². The lowest BCUT2D eigenvalue weighted by molar-refractivity contribution is 0.0984. The average molecular weight is 456 g/mol. The number of carbonyl (C=O) groups excluding carboxylic acids is 1. The maximum atomic E-state index is 13.3. The third-order valence-corrected chi connectivity index (χ3v) is 5.92. The van der Waals surface area contributed by atoms with Gasteiger partial charge in [-0.25, -0.2) is 0 Å². The van der Waals surface area contributed by atoms with Crippen LogP contribution in [0.5, 0.6) is 5.75 Å². The van der Waals surface area contributed by atoms with E-state index in [1.165, 1.54) is 11.3 Å². The third-order valence-electron chi connectivity index (χ3n) is 4.60. The fourth-order valence-electron chi connectivity index (χ4n) is 3.28. The van der Waals surface area contributed by atoms with Crippen molar-refractivity contribution in [2.24, 2.45) is 5.92 Å². The van der Waals surface area contributed by atoms with E-state index in [-0.39, 0.29) is 11.8 Å². The SMILES string of the molecule is C=CCOc1c(C)cc(-c2nnc(N(CC(C)C)C(=O)c3ccccc3Cl)s2)cc1C. The van der Waals surface area contributed by atoms with Crippen molar-refractivity contribution in [1.82, 2.24) is 10.2 Å². The molecule has 0 spiro atoms. The number of rotatable bonds is 8. The largest absolute Gasteiger partial charge is 0.489 e. The number of anilines is 1. The number of benzene rings is 2. The van der Waals surface area contributed by atoms with Crippen molar-refractivity contribution < 1.29 is 9.53 Å². The first-order valence-corrected chi connectivity index (χ1v) is 11.3. The summed E-state index contributed by atoms with van der Waals surface area (Å²) >= 11 is 7.66. The zero-order chi connectivity index (χ0) is 22.5. The Balaban J connectivity index is 1.95. The van der Waals surface area contributed by atoms with Crippen molar-refractivity contribution in [2.45, 2.75) is 27.7 Å². The van der Waals surface area contributed by atoms with E-state index >= 15 is 0 Å². The smallest absolute Gasteiger partial charge is 0.261 e. The predicted molar refractivity (Wildman–Crippen MR) is 128 cm³/mol. The van der Waals surface area contributed by atoms with E-state index in [2.05, 4.69) is 30.6 Å². The van der Waals surface area contributed by atoms with Crippen LogP contribution in [0.15, 0.2) is 49.1 Å². The molecule has 2 aromatic carbocycles. The Kier molecular flexibility index (Phi) is 7.46. The normalized spacial score (nSPS) is 10.9. The molecule has 1 heterocycles. The number of ether oxygens (including phenoxy) is 1. The Hall–Kier alpha value is -2.70. The van der Waals surface area contributed by atoms with Crippen molar-refractivity contribution in [2.75, 3.05) is 18.1 Å². The summed E-state index contributed by atoms with van der Waals surface area (Å²) in [4.78, 5) is 14.9. The van der Waals surface area contributed by atoms with Gasteiger partial charge in [0.15, 0.2) is 0 Å². The van der Waals surface area contributed by atoms with Crippen LogP contribution in [-0.2, 0) is 0 Å². The van der Waals surface area contributed by atoms with Crippen molar-refractivity contribution in [3.05, 3.63) is 70.8 Å². The Morgan fingerprint density at radius 3 is 2.52 bits per heavy atom. The first-order chi connectivity index (χ1) is 14.8. The summed E-state index contributed by atoms with van der Waals surface area (Å²) in [6, 6.07) is 11.1. The van der Waals surface area contributed by atoms with Gasteiger partial charge in [-0.2, -0.15) is 0 Å². The molecule has 0 radical (unpaired) electrons. The maximum absolute atomic E-state index is 13.3. The van der Waals surface area contributed by atoms with Gasteiger partial charge in [-0.15, -0.1) is 10.2 Å². The summed E-state index contributed by atoms with van der Waals surface area (Å²) in [5.74, 6) is 0.927. The molecule has 0 unspecified atom stereocenters. The molecule has 0 aliphatic heterocycles. The lowest BCUT2D eigenvalue weighted by atomic mass is 10.1. The van der Waals surface area contributed by atoms with Crippen LogP contribution in [-0.4, -0.2) is 29.3 Å². The van der Waals surface area contributed by atoms with Crippen LogP contribution in [0.4, 0.5) is 5.13 Å². The van der Waals surface area contributed by atoms with Gasteiger partial charge in [0.2, 0.25) is 5.13 Å². The summed E-state index contributed by atoms with van der Waals surface area (Å²) in [7, 11) is 0. The molecule has 0 bridgehead atoms. The van der Waals surface area contributed by atoms with Gasteiger partial charge in [0, 0.05) is 12.1 Å². The second kappa shape index (κ2) is 10.1. The van der Waals surface area contributed by atoms with Gasteiger partial charge in [-0.1, -0.05) is 61.6 Å². The van der Waals surface area contributed by atoms with Gasteiger partial charge in [0.05, 0.1) is 10.6 Å². The minimum atomic E-state index is -0.178. The lowest BCUT2D eigenvalue weighted by Gasteiger charge is -2.22. The van der Waals surface area contributed by atoms with Crippen LogP contribution in [0, 0.1) is 19.8 Å². The van der Waals surface area contributed by atoms with Gasteiger partial charge in [-0.3, -0.25) is 9.69 Å². The first kappa shape index (κ1) is 23.0. The second-order valence-electron chi connectivity index (χ2n) is 7.72. The fourth-order valence-corrected chi connectivity index (χ4v) is 4.33. The molecule has 1 amide bonds. The maximum Gasteiger partial charge on any atom is 0.261 e. The number of nitrogens with zero attached hydrogens (tertiary/aromatic N) is 3. The summed E-state index contributed by atoms with van der Waals surface area (Å²) < 4.78 is 5.77. The number of halogens is 1. The molecule has 3 rings (SSSR count). The Morgan fingerprint density at radius 1 is 1.23 bits per heavy atom. The van der Waals surface area contributed by atoms with E-state index in [9.17, 15) is 4.79 Å². The highest BCUT2D eigenvalue weighted by Crippen LogP contribution is 2.34. The average Bonchev–Trinajstić information content (AvgIpc) is 3.21. The number of hydrogen-bond donors (Lipinski definition) is 0. The van der Waals surface area contributed by atoms with Crippen LogP contribution < -0.4 is 9.64 Å². The quantitative estimate of drug-likeness (QED) is 0.372. The van der Waals surface area contributed by atoms with E-state index in [0.29, 0.717) is 28.9 Å². The predicted octanol–water partition coefficient (Wildman–Crippen LogP) is 6.34. The molecule has 0 fully saturated rings. The van der Waals surface area contributed by atoms with Crippen LogP contribution in [0.2, 0.25) is 5.02 Å². The third kappa shape index (κ3) is 5.32. The summed E-state index contributed by atoms with van der Waals surface area (Å²) in [5.41, 5.74) is 3.43. The molecule has 3 aromatic rings. The Morgan fingerprint density at radius 2 is 1.90 bits per heavy atom. The van der Waals surface area contributed by atoms with Crippen LogP contribution in [0.3, 0.4) is 0 Å². The molecule has 0 saturated carbocycles. The van der Waals surface area contributed by atoms with Crippen LogP contribution in [0.25, 0.3) is 10.6 Å². The number of aryl methyl sites for hydroxylation is 2. The fraction of sp³-hybridized carbons (Fsp3) is 0.292. The van der Waals surface area contributed by atoms with Crippen molar-refractivity contribution in [3.8, 4) is 16.3 Å². The highest BCUT2D eigenvalue weighted by Gasteiger charge is 2.24. The van der Waals surface area contributed by atoms with Gasteiger partial charge >= 0.3 is 0 Å². The molecular weight excluding hydrogens is 430 g/mol. The van der Waals surface area contributed by atoms with E-state index in [1.54, 1.807) is 29.2 Å². The van der Waals surface area contributed by atoms with E-state index in [1.807, 2.05) is 32.0 Å². The molecular formula is C24H26ClN3O2S. The molecule has 162 valence electrons. The molecule has 0 aliphatic carbocycles. The second-order valence-corrected chi connectivity index (χ2v) is 9.08. The highest BCUT2D eigenvalue weighted by molar-refractivity contribution is 7.18.